The minimum absolute atomic E-state index is 0.104. The highest BCUT2D eigenvalue weighted by molar-refractivity contribution is 6.31. The van der Waals surface area contributed by atoms with Crippen molar-refractivity contribution in [2.45, 2.75) is 6.92 Å². The topological polar surface area (TPSA) is 122 Å². The van der Waals surface area contributed by atoms with Crippen molar-refractivity contribution >= 4 is 45.8 Å². The average molecular weight is 369 g/mol. The van der Waals surface area contributed by atoms with Crippen LogP contribution in [-0.2, 0) is 0 Å². The molecule has 0 radical (unpaired) electrons. The molecule has 132 valence electrons. The SMILES string of the molecule is CC(=NN=C(N)N)c1ccc(NC(=O)c2cc3cc(Cl)ccc3[nH]2)cc1. The van der Waals surface area contributed by atoms with Crippen LogP contribution in [0.2, 0.25) is 5.02 Å². The van der Waals surface area contributed by atoms with Crippen LogP contribution in [-0.4, -0.2) is 22.6 Å². The van der Waals surface area contributed by atoms with Crippen molar-refractivity contribution < 1.29 is 4.79 Å². The average Bonchev–Trinajstić information content (AvgIpc) is 3.03. The maximum atomic E-state index is 12.4. The van der Waals surface area contributed by atoms with Crippen molar-refractivity contribution in [3.05, 3.63) is 64.8 Å². The van der Waals surface area contributed by atoms with E-state index in [1.807, 2.05) is 18.2 Å². The van der Waals surface area contributed by atoms with Gasteiger partial charge in [-0.05, 0) is 48.9 Å². The number of guanidine groups is 1. The van der Waals surface area contributed by atoms with E-state index in [0.717, 1.165) is 16.5 Å². The molecule has 0 atom stereocenters. The first kappa shape index (κ1) is 17.5. The number of aromatic amines is 1. The van der Waals surface area contributed by atoms with Gasteiger partial charge in [0.15, 0.2) is 0 Å². The van der Waals surface area contributed by atoms with E-state index in [-0.39, 0.29) is 11.9 Å². The lowest BCUT2D eigenvalue weighted by atomic mass is 10.1. The van der Waals surface area contributed by atoms with Crippen LogP contribution in [0.25, 0.3) is 10.9 Å². The fourth-order valence-corrected chi connectivity index (χ4v) is 2.59. The third-order valence-electron chi connectivity index (χ3n) is 3.70. The van der Waals surface area contributed by atoms with Gasteiger partial charge in [0.25, 0.3) is 5.91 Å². The molecule has 0 aliphatic heterocycles. The molecule has 1 aromatic heterocycles. The van der Waals surface area contributed by atoms with Crippen LogP contribution in [0.15, 0.2) is 58.7 Å². The maximum Gasteiger partial charge on any atom is 0.272 e. The van der Waals surface area contributed by atoms with E-state index in [9.17, 15) is 4.79 Å². The van der Waals surface area contributed by atoms with Crippen LogP contribution in [0.5, 0.6) is 0 Å². The predicted molar refractivity (Wildman–Crippen MR) is 106 cm³/mol. The Hall–Kier alpha value is -3.32. The Bertz CT molecular complexity index is 1020. The fraction of sp³-hybridized carbons (Fsp3) is 0.0556. The summed E-state index contributed by atoms with van der Waals surface area (Å²) in [7, 11) is 0. The summed E-state index contributed by atoms with van der Waals surface area (Å²) in [5, 5.41) is 11.9. The third-order valence-corrected chi connectivity index (χ3v) is 3.94. The molecule has 3 aromatic rings. The number of nitrogens with two attached hydrogens (primary N) is 2. The van der Waals surface area contributed by atoms with Crippen LogP contribution in [0.1, 0.15) is 23.0 Å². The van der Waals surface area contributed by atoms with Gasteiger partial charge in [0.05, 0.1) is 5.71 Å². The lowest BCUT2D eigenvalue weighted by molar-refractivity contribution is 0.102. The number of hydrogen-bond acceptors (Lipinski definition) is 3. The van der Waals surface area contributed by atoms with Crippen molar-refractivity contribution in [2.75, 3.05) is 5.32 Å². The Morgan fingerprint density at radius 3 is 2.50 bits per heavy atom. The second-order valence-corrected chi connectivity index (χ2v) is 6.09. The number of aromatic nitrogens is 1. The number of carbonyl (C=O) groups is 1. The third kappa shape index (κ3) is 4.01. The van der Waals surface area contributed by atoms with Crippen molar-refractivity contribution in [3.8, 4) is 0 Å². The summed E-state index contributed by atoms with van der Waals surface area (Å²) in [5.74, 6) is -0.344. The molecule has 26 heavy (non-hydrogen) atoms. The largest absolute Gasteiger partial charge is 0.369 e. The smallest absolute Gasteiger partial charge is 0.272 e. The number of amides is 1. The highest BCUT2D eigenvalue weighted by Crippen LogP contribution is 2.21. The van der Waals surface area contributed by atoms with Crippen LogP contribution in [0.3, 0.4) is 0 Å². The van der Waals surface area contributed by atoms with Gasteiger partial charge < -0.3 is 21.8 Å². The predicted octanol–water partition coefficient (Wildman–Crippen LogP) is 3.07. The fourth-order valence-electron chi connectivity index (χ4n) is 2.41. The van der Waals surface area contributed by atoms with Gasteiger partial charge in [-0.25, -0.2) is 0 Å². The van der Waals surface area contributed by atoms with Crippen molar-refractivity contribution in [1.29, 1.82) is 0 Å². The monoisotopic (exact) mass is 368 g/mol. The minimum Gasteiger partial charge on any atom is -0.369 e. The molecule has 0 fully saturated rings. The minimum atomic E-state index is -0.240. The molecule has 7 nitrogen and oxygen atoms in total. The molecule has 1 heterocycles. The summed E-state index contributed by atoms with van der Waals surface area (Å²) in [5.41, 5.74) is 14.0. The Morgan fingerprint density at radius 2 is 1.81 bits per heavy atom. The molecule has 8 heteroatoms. The first-order valence-electron chi connectivity index (χ1n) is 7.75. The highest BCUT2D eigenvalue weighted by Gasteiger charge is 2.10. The number of nitrogens with zero attached hydrogens (tertiary/aromatic N) is 2. The Morgan fingerprint density at radius 1 is 1.08 bits per heavy atom. The summed E-state index contributed by atoms with van der Waals surface area (Å²) in [6, 6.07) is 14.4. The molecule has 0 spiro atoms. The van der Waals surface area contributed by atoms with Gasteiger partial charge in [-0.3, -0.25) is 4.79 Å². The van der Waals surface area contributed by atoms with Gasteiger partial charge in [-0.1, -0.05) is 23.7 Å². The summed E-state index contributed by atoms with van der Waals surface area (Å²) >= 11 is 5.97. The van der Waals surface area contributed by atoms with E-state index in [4.69, 9.17) is 23.1 Å². The van der Waals surface area contributed by atoms with E-state index in [1.54, 1.807) is 37.3 Å². The number of benzene rings is 2. The number of carbonyl (C=O) groups excluding carboxylic acids is 1. The normalized spacial score (nSPS) is 11.4. The van der Waals surface area contributed by atoms with E-state index < -0.39 is 0 Å². The van der Waals surface area contributed by atoms with Crippen molar-refractivity contribution in [3.63, 3.8) is 0 Å². The summed E-state index contributed by atoms with van der Waals surface area (Å²) in [6.07, 6.45) is 0. The van der Waals surface area contributed by atoms with Gasteiger partial charge in [0.2, 0.25) is 5.96 Å². The molecule has 3 rings (SSSR count). The zero-order valence-corrected chi connectivity index (χ0v) is 14.7. The molecule has 0 aliphatic rings. The van der Waals surface area contributed by atoms with Crippen molar-refractivity contribution in [1.82, 2.24) is 4.98 Å². The zero-order valence-electron chi connectivity index (χ0n) is 14.0. The standard InChI is InChI=1S/C18H17ClN6O/c1-10(24-25-18(20)21)11-2-5-14(6-3-11)22-17(26)16-9-12-8-13(19)4-7-15(12)23-16/h2-9,23H,1H3,(H,22,26)(H4,20,21,25). The Kier molecular flexibility index (Phi) is 4.90. The number of fused-ring (bicyclic) bond motifs is 1. The van der Waals surface area contributed by atoms with Gasteiger partial charge in [-0.15, -0.1) is 5.10 Å². The number of nitrogens with one attached hydrogen (secondary N) is 2. The Labute approximate surface area is 154 Å². The molecular weight excluding hydrogens is 352 g/mol. The summed E-state index contributed by atoms with van der Waals surface area (Å²) in [6.45, 7) is 1.79. The first-order valence-corrected chi connectivity index (χ1v) is 8.13. The Balaban J connectivity index is 1.74. The lowest BCUT2D eigenvalue weighted by Crippen LogP contribution is -2.22. The highest BCUT2D eigenvalue weighted by atomic mass is 35.5. The lowest BCUT2D eigenvalue weighted by Gasteiger charge is -2.05. The van der Waals surface area contributed by atoms with E-state index in [2.05, 4.69) is 20.5 Å². The number of anilines is 1. The van der Waals surface area contributed by atoms with Crippen molar-refractivity contribution in [2.24, 2.45) is 21.7 Å². The second-order valence-electron chi connectivity index (χ2n) is 5.66. The zero-order chi connectivity index (χ0) is 18.7. The molecule has 1 amide bonds. The van der Waals surface area contributed by atoms with Gasteiger partial charge in [-0.2, -0.15) is 5.10 Å². The van der Waals surface area contributed by atoms with Crippen LogP contribution >= 0.6 is 11.6 Å². The molecule has 0 bridgehead atoms. The van der Waals surface area contributed by atoms with Gasteiger partial charge in [0.1, 0.15) is 5.69 Å². The maximum absolute atomic E-state index is 12.4. The molecule has 0 saturated carbocycles. The summed E-state index contributed by atoms with van der Waals surface area (Å²) in [4.78, 5) is 15.5. The van der Waals surface area contributed by atoms with Gasteiger partial charge >= 0.3 is 0 Å². The molecule has 0 saturated heterocycles. The molecular formula is C18H17ClN6O. The number of rotatable bonds is 4. The molecule has 6 N–H and O–H groups in total. The quantitative estimate of drug-likeness (QED) is 0.321. The molecule has 2 aromatic carbocycles. The molecule has 0 aliphatic carbocycles. The van der Waals surface area contributed by atoms with E-state index in [0.29, 0.717) is 22.1 Å². The van der Waals surface area contributed by atoms with Crippen LogP contribution in [0, 0.1) is 0 Å². The van der Waals surface area contributed by atoms with Crippen LogP contribution in [0.4, 0.5) is 5.69 Å². The number of halogens is 1. The second kappa shape index (κ2) is 7.28. The van der Waals surface area contributed by atoms with Crippen LogP contribution < -0.4 is 16.8 Å². The van der Waals surface area contributed by atoms with Gasteiger partial charge in [0, 0.05) is 21.6 Å². The first-order chi connectivity index (χ1) is 12.4. The van der Waals surface area contributed by atoms with E-state index >= 15 is 0 Å². The number of hydrogen-bond donors (Lipinski definition) is 4. The number of H-pyrrole nitrogens is 1. The summed E-state index contributed by atoms with van der Waals surface area (Å²) < 4.78 is 0. The molecule has 0 unspecified atom stereocenters. The van der Waals surface area contributed by atoms with E-state index in [1.165, 1.54) is 0 Å².